The second kappa shape index (κ2) is 5.26. The number of anilines is 1. The molecule has 2 aromatic heterocycles. The maximum Gasteiger partial charge on any atom is 0.172 e. The molecule has 0 spiro atoms. The van der Waals surface area contributed by atoms with Gasteiger partial charge in [-0.1, -0.05) is 29.8 Å². The summed E-state index contributed by atoms with van der Waals surface area (Å²) in [4.78, 5) is 4.27. The Kier molecular flexibility index (Phi) is 3.46. The van der Waals surface area contributed by atoms with Crippen LogP contribution in [-0.2, 0) is 0 Å². The molecule has 0 unspecified atom stereocenters. The summed E-state index contributed by atoms with van der Waals surface area (Å²) in [6.45, 7) is 0. The number of nitrogens with zero attached hydrogens (tertiary/aromatic N) is 3. The van der Waals surface area contributed by atoms with E-state index in [4.69, 9.17) is 17.3 Å². The number of benzene rings is 1. The number of rotatable bonds is 2. The standard InChI is InChI=1S/C14H10BrClN4/c15-10-5-12(16)14(18-7-10)20-8-9(6-19-20)11-3-1-2-4-13(11)17/h1-8H,17H2. The molecular formula is C14H10BrClN4. The molecule has 0 fully saturated rings. The third kappa shape index (κ3) is 2.42. The fraction of sp³-hybridized carbons (Fsp3) is 0. The smallest absolute Gasteiger partial charge is 0.172 e. The molecule has 0 aliphatic heterocycles. The van der Waals surface area contributed by atoms with Crippen molar-refractivity contribution >= 4 is 33.2 Å². The SMILES string of the molecule is Nc1ccccc1-c1cnn(-c2ncc(Br)cc2Cl)c1. The van der Waals surface area contributed by atoms with Crippen molar-refractivity contribution in [2.75, 3.05) is 5.73 Å². The molecule has 2 N–H and O–H groups in total. The van der Waals surface area contributed by atoms with Gasteiger partial charge in [0.05, 0.1) is 11.2 Å². The predicted octanol–water partition coefficient (Wildman–Crippen LogP) is 3.93. The van der Waals surface area contributed by atoms with Crippen molar-refractivity contribution in [3.8, 4) is 16.9 Å². The fourth-order valence-corrected chi connectivity index (χ4v) is 2.63. The number of hydrogen-bond donors (Lipinski definition) is 1. The molecule has 6 heteroatoms. The van der Waals surface area contributed by atoms with Crippen LogP contribution in [0.1, 0.15) is 0 Å². The molecular weight excluding hydrogens is 340 g/mol. The van der Waals surface area contributed by atoms with Crippen LogP contribution in [0.4, 0.5) is 5.69 Å². The van der Waals surface area contributed by atoms with Crippen molar-refractivity contribution in [1.82, 2.24) is 14.8 Å². The molecule has 20 heavy (non-hydrogen) atoms. The molecule has 0 bridgehead atoms. The van der Waals surface area contributed by atoms with Gasteiger partial charge in [-0.25, -0.2) is 9.67 Å². The maximum atomic E-state index is 6.17. The first kappa shape index (κ1) is 13.1. The van der Waals surface area contributed by atoms with Crippen LogP contribution in [0.2, 0.25) is 5.02 Å². The lowest BCUT2D eigenvalue weighted by Crippen LogP contribution is -1.98. The zero-order chi connectivity index (χ0) is 14.1. The molecule has 0 aliphatic carbocycles. The average molecular weight is 350 g/mol. The number of hydrogen-bond acceptors (Lipinski definition) is 3. The van der Waals surface area contributed by atoms with Crippen LogP contribution in [0.25, 0.3) is 16.9 Å². The van der Waals surface area contributed by atoms with Gasteiger partial charge in [0.1, 0.15) is 0 Å². The molecule has 3 aromatic rings. The van der Waals surface area contributed by atoms with Crippen LogP contribution in [0.5, 0.6) is 0 Å². The molecule has 1 aromatic carbocycles. The van der Waals surface area contributed by atoms with Gasteiger partial charge in [-0.15, -0.1) is 0 Å². The largest absolute Gasteiger partial charge is 0.398 e. The third-order valence-corrected chi connectivity index (χ3v) is 3.57. The Hall–Kier alpha value is -1.85. The Morgan fingerprint density at radius 2 is 2.00 bits per heavy atom. The van der Waals surface area contributed by atoms with E-state index in [-0.39, 0.29) is 0 Å². The average Bonchev–Trinajstić information content (AvgIpc) is 2.88. The van der Waals surface area contributed by atoms with Gasteiger partial charge in [0.15, 0.2) is 5.82 Å². The molecule has 3 rings (SSSR count). The van der Waals surface area contributed by atoms with Crippen molar-refractivity contribution in [1.29, 1.82) is 0 Å². The molecule has 0 radical (unpaired) electrons. The van der Waals surface area contributed by atoms with E-state index in [1.54, 1.807) is 23.1 Å². The van der Waals surface area contributed by atoms with Gasteiger partial charge in [-0.2, -0.15) is 5.10 Å². The number of halogens is 2. The summed E-state index contributed by atoms with van der Waals surface area (Å²) < 4.78 is 2.46. The summed E-state index contributed by atoms with van der Waals surface area (Å²) in [6.07, 6.45) is 5.28. The molecule has 4 nitrogen and oxygen atoms in total. The van der Waals surface area contributed by atoms with Gasteiger partial charge in [0.25, 0.3) is 0 Å². The monoisotopic (exact) mass is 348 g/mol. The number of nitrogens with two attached hydrogens (primary N) is 1. The quantitative estimate of drug-likeness (QED) is 0.713. The van der Waals surface area contributed by atoms with E-state index in [0.717, 1.165) is 15.6 Å². The van der Waals surface area contributed by atoms with Crippen LogP contribution in [-0.4, -0.2) is 14.8 Å². The molecule has 0 saturated heterocycles. The summed E-state index contributed by atoms with van der Waals surface area (Å²) in [7, 11) is 0. The van der Waals surface area contributed by atoms with E-state index in [2.05, 4.69) is 26.0 Å². The Balaban J connectivity index is 2.04. The van der Waals surface area contributed by atoms with E-state index in [0.29, 0.717) is 16.5 Å². The Morgan fingerprint density at radius 3 is 2.75 bits per heavy atom. The van der Waals surface area contributed by atoms with E-state index in [9.17, 15) is 0 Å². The van der Waals surface area contributed by atoms with Gasteiger partial charge in [0.2, 0.25) is 0 Å². The van der Waals surface area contributed by atoms with E-state index in [1.807, 2.05) is 30.5 Å². The first-order valence-corrected chi connectivity index (χ1v) is 7.03. The Morgan fingerprint density at radius 1 is 1.20 bits per heavy atom. The van der Waals surface area contributed by atoms with Gasteiger partial charge >= 0.3 is 0 Å². The highest BCUT2D eigenvalue weighted by Gasteiger charge is 2.09. The minimum absolute atomic E-state index is 0.523. The van der Waals surface area contributed by atoms with Crippen molar-refractivity contribution < 1.29 is 0 Å². The summed E-state index contributed by atoms with van der Waals surface area (Å²) in [5.74, 6) is 0.579. The minimum atomic E-state index is 0.523. The van der Waals surface area contributed by atoms with Crippen molar-refractivity contribution in [3.05, 3.63) is 58.4 Å². The summed E-state index contributed by atoms with van der Waals surface area (Å²) in [5, 5.41) is 4.82. The second-order valence-corrected chi connectivity index (χ2v) is 5.54. The topological polar surface area (TPSA) is 56.7 Å². The Bertz CT molecular complexity index is 769. The van der Waals surface area contributed by atoms with Crippen LogP contribution >= 0.6 is 27.5 Å². The van der Waals surface area contributed by atoms with Crippen LogP contribution in [0.15, 0.2) is 53.4 Å². The zero-order valence-corrected chi connectivity index (χ0v) is 12.6. The van der Waals surface area contributed by atoms with E-state index < -0.39 is 0 Å². The Labute approximate surface area is 129 Å². The third-order valence-electron chi connectivity index (χ3n) is 2.86. The van der Waals surface area contributed by atoms with Crippen LogP contribution in [0, 0.1) is 0 Å². The van der Waals surface area contributed by atoms with Gasteiger partial charge in [-0.05, 0) is 28.1 Å². The van der Waals surface area contributed by atoms with Crippen molar-refractivity contribution in [2.24, 2.45) is 0 Å². The van der Waals surface area contributed by atoms with Crippen LogP contribution in [0.3, 0.4) is 0 Å². The molecule has 0 atom stereocenters. The highest BCUT2D eigenvalue weighted by Crippen LogP contribution is 2.27. The summed E-state index contributed by atoms with van der Waals surface area (Å²) >= 11 is 9.50. The molecule has 0 amide bonds. The van der Waals surface area contributed by atoms with Gasteiger partial charge in [-0.3, -0.25) is 0 Å². The molecule has 0 saturated carbocycles. The van der Waals surface area contributed by atoms with Crippen LogP contribution < -0.4 is 5.73 Å². The summed E-state index contributed by atoms with van der Waals surface area (Å²) in [6, 6.07) is 9.43. The van der Waals surface area contributed by atoms with Gasteiger partial charge in [0, 0.05) is 33.7 Å². The lowest BCUT2D eigenvalue weighted by molar-refractivity contribution is 0.846. The first-order chi connectivity index (χ1) is 9.65. The van der Waals surface area contributed by atoms with Crippen molar-refractivity contribution in [2.45, 2.75) is 0 Å². The first-order valence-electron chi connectivity index (χ1n) is 5.86. The number of pyridine rings is 1. The van der Waals surface area contributed by atoms with Gasteiger partial charge < -0.3 is 5.73 Å². The molecule has 2 heterocycles. The number of aromatic nitrogens is 3. The van der Waals surface area contributed by atoms with E-state index >= 15 is 0 Å². The lowest BCUT2D eigenvalue weighted by atomic mass is 10.1. The predicted molar refractivity (Wildman–Crippen MR) is 83.9 cm³/mol. The summed E-state index contributed by atoms with van der Waals surface area (Å²) in [5.41, 5.74) is 8.53. The minimum Gasteiger partial charge on any atom is -0.398 e. The number of para-hydroxylation sites is 1. The fourth-order valence-electron chi connectivity index (χ4n) is 1.91. The number of nitrogen functional groups attached to an aromatic ring is 1. The molecule has 100 valence electrons. The highest BCUT2D eigenvalue weighted by molar-refractivity contribution is 9.10. The normalized spacial score (nSPS) is 10.7. The zero-order valence-electron chi connectivity index (χ0n) is 10.3. The lowest BCUT2D eigenvalue weighted by Gasteiger charge is -2.03. The highest BCUT2D eigenvalue weighted by atomic mass is 79.9. The van der Waals surface area contributed by atoms with Crippen molar-refractivity contribution in [3.63, 3.8) is 0 Å². The second-order valence-electron chi connectivity index (χ2n) is 4.22. The maximum absolute atomic E-state index is 6.17. The molecule has 0 aliphatic rings. The van der Waals surface area contributed by atoms with E-state index in [1.165, 1.54) is 0 Å².